The molecule has 4 aromatic rings. The smallest absolute Gasteiger partial charge is 0.238 e. The predicted octanol–water partition coefficient (Wildman–Crippen LogP) is 4.83. The van der Waals surface area contributed by atoms with E-state index in [0.29, 0.717) is 17.9 Å². The molecule has 0 spiro atoms. The lowest BCUT2D eigenvalue weighted by Gasteiger charge is -2.08. The summed E-state index contributed by atoms with van der Waals surface area (Å²) < 4.78 is 24.9. The van der Waals surface area contributed by atoms with Gasteiger partial charge >= 0.3 is 0 Å². The Kier molecular flexibility index (Phi) is 6.23. The monoisotopic (exact) mass is 479 g/mol. The van der Waals surface area contributed by atoms with Gasteiger partial charge in [0.2, 0.25) is 21.0 Å². The van der Waals surface area contributed by atoms with Gasteiger partial charge < -0.3 is 15.0 Å². The zero-order valence-electron chi connectivity index (χ0n) is 17.6. The van der Waals surface area contributed by atoms with E-state index in [1.807, 2.05) is 55.5 Å². The Morgan fingerprint density at radius 3 is 2.55 bits per heavy atom. The molecule has 0 fully saturated rings. The van der Waals surface area contributed by atoms with Crippen molar-refractivity contribution < 1.29 is 13.5 Å². The van der Waals surface area contributed by atoms with Gasteiger partial charge in [0.05, 0.1) is 17.0 Å². The number of azo groups is 1. The van der Waals surface area contributed by atoms with E-state index in [4.69, 9.17) is 17.4 Å². The third-order valence-electron chi connectivity index (χ3n) is 5.07. The van der Waals surface area contributed by atoms with Crippen LogP contribution in [0.4, 0.5) is 11.4 Å². The maximum absolute atomic E-state index is 11.5. The maximum Gasteiger partial charge on any atom is 0.238 e. The molecule has 4 rings (SSSR count). The van der Waals surface area contributed by atoms with Crippen molar-refractivity contribution in [1.29, 1.82) is 0 Å². The van der Waals surface area contributed by atoms with Crippen molar-refractivity contribution in [2.75, 3.05) is 5.32 Å². The molecule has 168 valence electrons. The number of nitrogens with two attached hydrogens (primary N) is 1. The predicted molar refractivity (Wildman–Crippen MR) is 132 cm³/mol. The van der Waals surface area contributed by atoms with Crippen molar-refractivity contribution in [3.05, 3.63) is 83.9 Å². The van der Waals surface area contributed by atoms with Crippen LogP contribution >= 0.6 is 12.2 Å². The Morgan fingerprint density at radius 2 is 1.82 bits per heavy atom. The quantitative estimate of drug-likeness (QED) is 0.279. The number of fused-ring (bicyclic) bond motifs is 1. The molecule has 0 atom stereocenters. The second-order valence-electron chi connectivity index (χ2n) is 7.42. The summed E-state index contributed by atoms with van der Waals surface area (Å²) in [6.07, 6.45) is 0. The first-order valence-electron chi connectivity index (χ1n) is 9.94. The molecule has 1 heterocycles. The van der Waals surface area contributed by atoms with Crippen LogP contribution < -0.4 is 10.5 Å². The lowest BCUT2D eigenvalue weighted by Crippen LogP contribution is -2.13. The Labute approximate surface area is 196 Å². The lowest BCUT2D eigenvalue weighted by molar-refractivity contribution is 0.429. The molecule has 0 aliphatic carbocycles. The first-order chi connectivity index (χ1) is 15.7. The van der Waals surface area contributed by atoms with Crippen LogP contribution in [-0.4, -0.2) is 23.2 Å². The fraction of sp³-hybridized carbons (Fsp3) is 0.0870. The van der Waals surface area contributed by atoms with Gasteiger partial charge in [0.1, 0.15) is 0 Å². The summed E-state index contributed by atoms with van der Waals surface area (Å²) in [7, 11) is -3.85. The molecule has 33 heavy (non-hydrogen) atoms. The van der Waals surface area contributed by atoms with Crippen LogP contribution in [0.2, 0.25) is 0 Å². The van der Waals surface area contributed by atoms with Crippen molar-refractivity contribution in [1.82, 2.24) is 4.57 Å². The van der Waals surface area contributed by atoms with Crippen molar-refractivity contribution in [3.8, 4) is 5.88 Å². The highest BCUT2D eigenvalue weighted by atomic mass is 32.2. The summed E-state index contributed by atoms with van der Waals surface area (Å²) in [6, 6.07) is 21.4. The van der Waals surface area contributed by atoms with Crippen LogP contribution in [-0.2, 0) is 16.6 Å². The van der Waals surface area contributed by atoms with Crippen molar-refractivity contribution >= 4 is 49.6 Å². The molecular formula is C23H21N5O3S2. The number of aromatic nitrogens is 1. The first-order valence-corrected chi connectivity index (χ1v) is 11.9. The molecule has 3 aromatic carbocycles. The SMILES string of the molecule is Cc1cccc2c(N=NC(=S)Nc3cccc(S(N)(=O)=O)c3)c(O)n(Cc3ccccc3)c12. The molecule has 4 N–H and O–H groups in total. The Bertz CT molecular complexity index is 1480. The molecule has 0 radical (unpaired) electrons. The van der Waals surface area contributed by atoms with Gasteiger partial charge in [0, 0.05) is 11.1 Å². The van der Waals surface area contributed by atoms with Gasteiger partial charge in [-0.05, 0) is 48.5 Å². The van der Waals surface area contributed by atoms with Crippen molar-refractivity contribution in [3.63, 3.8) is 0 Å². The van der Waals surface area contributed by atoms with Crippen LogP contribution in [0.3, 0.4) is 0 Å². The Balaban J connectivity index is 1.66. The zero-order chi connectivity index (χ0) is 23.6. The number of aromatic hydroxyl groups is 1. The highest BCUT2D eigenvalue weighted by molar-refractivity contribution is 7.89. The largest absolute Gasteiger partial charge is 0.493 e. The summed E-state index contributed by atoms with van der Waals surface area (Å²) in [6.45, 7) is 2.43. The number of aryl methyl sites for hydroxylation is 1. The van der Waals surface area contributed by atoms with Crippen LogP contribution in [0.25, 0.3) is 10.9 Å². The third kappa shape index (κ3) is 4.92. The minimum absolute atomic E-state index is 0.00224. The summed E-state index contributed by atoms with van der Waals surface area (Å²) in [5, 5.41) is 28.0. The average Bonchev–Trinajstić information content (AvgIpc) is 3.04. The molecule has 0 saturated heterocycles. The van der Waals surface area contributed by atoms with Crippen LogP contribution in [0.1, 0.15) is 11.1 Å². The number of rotatable bonds is 5. The van der Waals surface area contributed by atoms with Gasteiger partial charge in [-0.15, -0.1) is 10.2 Å². The lowest BCUT2D eigenvalue weighted by atomic mass is 10.1. The van der Waals surface area contributed by atoms with E-state index < -0.39 is 10.0 Å². The number of para-hydroxylation sites is 1. The number of thiocarbonyl (C=S) groups is 1. The Morgan fingerprint density at radius 1 is 1.09 bits per heavy atom. The van der Waals surface area contributed by atoms with Gasteiger partial charge in [-0.3, -0.25) is 0 Å². The van der Waals surface area contributed by atoms with E-state index >= 15 is 0 Å². The Hall–Kier alpha value is -3.60. The zero-order valence-corrected chi connectivity index (χ0v) is 19.3. The standard InChI is InChI=1S/C23H21N5O3S2/c1-15-7-5-12-19-20(22(29)28(21(15)19)14-16-8-3-2-4-9-16)26-27-23(32)25-17-10-6-11-18(13-17)33(24,30)31/h2-13,29H,14H2,1H3,(H,25,32)(H2,24,30,31). The molecule has 0 unspecified atom stereocenters. The number of benzene rings is 3. The summed E-state index contributed by atoms with van der Waals surface area (Å²) in [5.74, 6) is -0.0223. The highest BCUT2D eigenvalue weighted by Gasteiger charge is 2.18. The molecule has 10 heteroatoms. The summed E-state index contributed by atoms with van der Waals surface area (Å²) in [5.41, 5.74) is 3.57. The van der Waals surface area contributed by atoms with Crippen molar-refractivity contribution in [2.24, 2.45) is 15.4 Å². The normalized spacial score (nSPS) is 11.8. The molecule has 1 aromatic heterocycles. The second-order valence-corrected chi connectivity index (χ2v) is 9.37. The van der Waals surface area contributed by atoms with Gasteiger partial charge in [0.25, 0.3) is 0 Å². The fourth-order valence-electron chi connectivity index (χ4n) is 3.58. The molecule has 0 aliphatic heterocycles. The average molecular weight is 480 g/mol. The van der Waals surface area contributed by atoms with E-state index in [9.17, 15) is 13.5 Å². The fourth-order valence-corrected chi connectivity index (χ4v) is 4.29. The van der Waals surface area contributed by atoms with Crippen LogP contribution in [0.5, 0.6) is 5.88 Å². The summed E-state index contributed by atoms with van der Waals surface area (Å²) >= 11 is 5.23. The number of sulfonamides is 1. The van der Waals surface area contributed by atoms with E-state index in [1.165, 1.54) is 18.2 Å². The molecule has 0 saturated carbocycles. The first kappa shape index (κ1) is 22.6. The molecule has 0 bridgehead atoms. The van der Waals surface area contributed by atoms with Gasteiger partial charge in [0.15, 0.2) is 5.69 Å². The molecule has 0 amide bonds. The van der Waals surface area contributed by atoms with Gasteiger partial charge in [-0.25, -0.2) is 13.6 Å². The van der Waals surface area contributed by atoms with Crippen LogP contribution in [0.15, 0.2) is 87.9 Å². The molecule has 8 nitrogen and oxygen atoms in total. The van der Waals surface area contributed by atoms with Crippen molar-refractivity contribution in [2.45, 2.75) is 18.4 Å². The molecular weight excluding hydrogens is 458 g/mol. The molecule has 0 aliphatic rings. The van der Waals surface area contributed by atoms with Crippen LogP contribution in [0, 0.1) is 6.92 Å². The number of nitrogens with one attached hydrogen (secondary N) is 1. The van der Waals surface area contributed by atoms with Gasteiger partial charge in [-0.2, -0.15) is 0 Å². The number of primary sulfonamides is 1. The number of nitrogens with zero attached hydrogens (tertiary/aromatic N) is 3. The number of hydrogen-bond donors (Lipinski definition) is 3. The second kappa shape index (κ2) is 9.10. The minimum Gasteiger partial charge on any atom is -0.493 e. The van der Waals surface area contributed by atoms with E-state index in [1.54, 1.807) is 10.6 Å². The number of hydrogen-bond acceptors (Lipinski definition) is 5. The van der Waals surface area contributed by atoms with Gasteiger partial charge in [-0.1, -0.05) is 54.6 Å². The number of anilines is 1. The third-order valence-corrected chi connectivity index (χ3v) is 6.16. The highest BCUT2D eigenvalue weighted by Crippen LogP contribution is 2.40. The maximum atomic E-state index is 11.5. The van der Waals surface area contributed by atoms with E-state index in [0.717, 1.165) is 22.0 Å². The van der Waals surface area contributed by atoms with E-state index in [-0.39, 0.29) is 15.9 Å². The topological polar surface area (TPSA) is 122 Å². The van der Waals surface area contributed by atoms with E-state index in [2.05, 4.69) is 15.5 Å². The minimum atomic E-state index is -3.85. The summed E-state index contributed by atoms with van der Waals surface area (Å²) in [4.78, 5) is -0.0515.